The molecule has 13 heavy (non-hydrogen) atoms. The number of carboxylic acids is 1. The first-order valence-corrected chi connectivity index (χ1v) is 4.24. The minimum absolute atomic E-state index is 0.0543. The fourth-order valence-corrected chi connectivity index (χ4v) is 1.37. The van der Waals surface area contributed by atoms with Crippen LogP contribution in [0.1, 0.15) is 25.6 Å². The van der Waals surface area contributed by atoms with Crippen LogP contribution in [0.2, 0.25) is 0 Å². The van der Waals surface area contributed by atoms with Crippen molar-refractivity contribution < 1.29 is 9.90 Å². The van der Waals surface area contributed by atoms with E-state index in [-0.39, 0.29) is 5.92 Å². The van der Waals surface area contributed by atoms with Crippen LogP contribution < -0.4 is 0 Å². The smallest absolute Gasteiger partial charge is 0.314 e. The van der Waals surface area contributed by atoms with E-state index < -0.39 is 11.9 Å². The molecule has 1 aromatic heterocycles. The highest BCUT2D eigenvalue weighted by molar-refractivity contribution is 5.75. The van der Waals surface area contributed by atoms with Crippen LogP contribution in [0.15, 0.2) is 12.4 Å². The van der Waals surface area contributed by atoms with Crippen LogP contribution in [0.3, 0.4) is 0 Å². The molecule has 0 spiro atoms. The number of rotatable bonds is 3. The first-order valence-electron chi connectivity index (χ1n) is 4.24. The van der Waals surface area contributed by atoms with E-state index in [1.165, 1.54) is 0 Å². The largest absolute Gasteiger partial charge is 0.481 e. The third-order valence-corrected chi connectivity index (χ3v) is 2.07. The number of hydrogen-bond acceptors (Lipinski definition) is 2. The first kappa shape index (κ1) is 9.77. The van der Waals surface area contributed by atoms with Gasteiger partial charge in [-0.1, -0.05) is 13.8 Å². The predicted octanol–water partition coefficient (Wildman–Crippen LogP) is 1.24. The van der Waals surface area contributed by atoms with Gasteiger partial charge in [-0.05, 0) is 5.92 Å². The SMILES string of the molecule is CC(C)C(C(=O)O)c1nccn1C. The minimum atomic E-state index is -0.815. The second-order valence-corrected chi connectivity index (χ2v) is 3.46. The van der Waals surface area contributed by atoms with E-state index in [1.807, 2.05) is 13.8 Å². The molecule has 0 radical (unpaired) electrons. The lowest BCUT2D eigenvalue weighted by Gasteiger charge is -2.15. The lowest BCUT2D eigenvalue weighted by atomic mass is 9.95. The van der Waals surface area contributed by atoms with Gasteiger partial charge in [-0.15, -0.1) is 0 Å². The molecular formula is C9H14N2O2. The average molecular weight is 182 g/mol. The Hall–Kier alpha value is -1.32. The zero-order valence-corrected chi connectivity index (χ0v) is 8.06. The number of aryl methyl sites for hydroxylation is 1. The van der Waals surface area contributed by atoms with Gasteiger partial charge >= 0.3 is 5.97 Å². The number of imidazole rings is 1. The molecule has 1 unspecified atom stereocenters. The number of hydrogen-bond donors (Lipinski definition) is 1. The molecule has 0 aliphatic rings. The fourth-order valence-electron chi connectivity index (χ4n) is 1.37. The Morgan fingerprint density at radius 3 is 2.54 bits per heavy atom. The van der Waals surface area contributed by atoms with Gasteiger partial charge in [0.2, 0.25) is 0 Å². The number of aromatic nitrogens is 2. The molecule has 0 saturated carbocycles. The van der Waals surface area contributed by atoms with Crippen molar-refractivity contribution in [2.75, 3.05) is 0 Å². The van der Waals surface area contributed by atoms with Crippen LogP contribution in [0.4, 0.5) is 0 Å². The molecule has 4 heteroatoms. The highest BCUT2D eigenvalue weighted by atomic mass is 16.4. The minimum Gasteiger partial charge on any atom is -0.481 e. The van der Waals surface area contributed by atoms with E-state index in [0.29, 0.717) is 5.82 Å². The summed E-state index contributed by atoms with van der Waals surface area (Å²) in [5.41, 5.74) is 0. The molecule has 0 aliphatic carbocycles. The Balaban J connectivity index is 3.02. The van der Waals surface area contributed by atoms with E-state index in [9.17, 15) is 4.79 Å². The topological polar surface area (TPSA) is 55.1 Å². The molecule has 1 atom stereocenters. The second-order valence-electron chi connectivity index (χ2n) is 3.46. The molecule has 1 aromatic rings. The van der Waals surface area contributed by atoms with Gasteiger partial charge in [-0.25, -0.2) is 4.98 Å². The van der Waals surface area contributed by atoms with Gasteiger partial charge in [0.1, 0.15) is 11.7 Å². The van der Waals surface area contributed by atoms with Crippen molar-refractivity contribution in [1.29, 1.82) is 0 Å². The van der Waals surface area contributed by atoms with Crippen molar-refractivity contribution in [3.8, 4) is 0 Å². The molecule has 0 aliphatic heterocycles. The fraction of sp³-hybridized carbons (Fsp3) is 0.556. The molecule has 0 aromatic carbocycles. The third kappa shape index (κ3) is 1.88. The summed E-state index contributed by atoms with van der Waals surface area (Å²) < 4.78 is 1.75. The molecular weight excluding hydrogens is 168 g/mol. The van der Waals surface area contributed by atoms with E-state index in [0.717, 1.165) is 0 Å². The molecule has 0 fully saturated rings. The molecule has 0 saturated heterocycles. The standard InChI is InChI=1S/C9H14N2O2/c1-6(2)7(9(12)13)8-10-4-5-11(8)3/h4-7H,1-3H3,(H,12,13). The van der Waals surface area contributed by atoms with Gasteiger partial charge in [0, 0.05) is 19.4 Å². The molecule has 0 amide bonds. The van der Waals surface area contributed by atoms with Crippen LogP contribution >= 0.6 is 0 Å². The van der Waals surface area contributed by atoms with Gasteiger partial charge in [0.05, 0.1) is 0 Å². The molecule has 1 rings (SSSR count). The summed E-state index contributed by atoms with van der Waals surface area (Å²) in [5.74, 6) is -0.662. The summed E-state index contributed by atoms with van der Waals surface area (Å²) in [5, 5.41) is 8.99. The summed E-state index contributed by atoms with van der Waals surface area (Å²) in [6.45, 7) is 3.76. The lowest BCUT2D eigenvalue weighted by molar-refractivity contribution is -0.140. The molecule has 0 bridgehead atoms. The zero-order valence-electron chi connectivity index (χ0n) is 8.06. The van der Waals surface area contributed by atoms with Crippen molar-refractivity contribution in [2.45, 2.75) is 19.8 Å². The molecule has 1 heterocycles. The van der Waals surface area contributed by atoms with Gasteiger partial charge in [-0.3, -0.25) is 4.79 Å². The highest BCUT2D eigenvalue weighted by Crippen LogP contribution is 2.22. The zero-order chi connectivity index (χ0) is 10.0. The predicted molar refractivity (Wildman–Crippen MR) is 48.4 cm³/mol. The quantitative estimate of drug-likeness (QED) is 0.765. The Bertz CT molecular complexity index is 304. The summed E-state index contributed by atoms with van der Waals surface area (Å²) in [7, 11) is 1.81. The van der Waals surface area contributed by atoms with Crippen LogP contribution in [-0.2, 0) is 11.8 Å². The van der Waals surface area contributed by atoms with E-state index in [1.54, 1.807) is 24.0 Å². The van der Waals surface area contributed by atoms with Gasteiger partial charge in [-0.2, -0.15) is 0 Å². The van der Waals surface area contributed by atoms with Crippen LogP contribution in [0.25, 0.3) is 0 Å². The van der Waals surface area contributed by atoms with Crippen LogP contribution in [0, 0.1) is 5.92 Å². The molecule has 72 valence electrons. The Kier molecular flexibility index (Phi) is 2.70. The molecule has 4 nitrogen and oxygen atoms in total. The lowest BCUT2D eigenvalue weighted by Crippen LogP contribution is -2.20. The van der Waals surface area contributed by atoms with E-state index in [2.05, 4.69) is 4.98 Å². The van der Waals surface area contributed by atoms with Crippen LogP contribution in [-0.4, -0.2) is 20.6 Å². The van der Waals surface area contributed by atoms with E-state index in [4.69, 9.17) is 5.11 Å². The summed E-state index contributed by atoms with van der Waals surface area (Å²) in [6, 6.07) is 0. The van der Waals surface area contributed by atoms with Crippen molar-refractivity contribution >= 4 is 5.97 Å². The first-order chi connectivity index (χ1) is 6.04. The Labute approximate surface area is 77.2 Å². The van der Waals surface area contributed by atoms with Crippen molar-refractivity contribution in [3.63, 3.8) is 0 Å². The maximum Gasteiger partial charge on any atom is 0.314 e. The number of carboxylic acid groups (broad SMARTS) is 1. The van der Waals surface area contributed by atoms with Crippen LogP contribution in [0.5, 0.6) is 0 Å². The Morgan fingerprint density at radius 2 is 2.23 bits per heavy atom. The maximum atomic E-state index is 10.9. The average Bonchev–Trinajstić information content (AvgIpc) is 2.35. The second kappa shape index (κ2) is 3.60. The Morgan fingerprint density at radius 1 is 1.62 bits per heavy atom. The van der Waals surface area contributed by atoms with Crippen molar-refractivity contribution in [1.82, 2.24) is 9.55 Å². The van der Waals surface area contributed by atoms with Gasteiger partial charge < -0.3 is 9.67 Å². The summed E-state index contributed by atoms with van der Waals surface area (Å²) in [4.78, 5) is 15.0. The summed E-state index contributed by atoms with van der Waals surface area (Å²) in [6.07, 6.45) is 3.38. The normalized spacial score (nSPS) is 13.2. The number of aliphatic carboxylic acids is 1. The van der Waals surface area contributed by atoms with E-state index >= 15 is 0 Å². The molecule has 1 N–H and O–H groups in total. The maximum absolute atomic E-state index is 10.9. The van der Waals surface area contributed by atoms with Crippen molar-refractivity contribution in [2.24, 2.45) is 13.0 Å². The van der Waals surface area contributed by atoms with Crippen molar-refractivity contribution in [3.05, 3.63) is 18.2 Å². The number of nitrogens with zero attached hydrogens (tertiary/aromatic N) is 2. The summed E-state index contributed by atoms with van der Waals surface area (Å²) >= 11 is 0. The monoisotopic (exact) mass is 182 g/mol. The highest BCUT2D eigenvalue weighted by Gasteiger charge is 2.26. The number of carbonyl (C=O) groups is 1. The third-order valence-electron chi connectivity index (χ3n) is 2.07. The van der Waals surface area contributed by atoms with Gasteiger partial charge in [0.25, 0.3) is 0 Å². The van der Waals surface area contributed by atoms with Gasteiger partial charge in [0.15, 0.2) is 0 Å².